The number of imide groups is 1. The van der Waals surface area contributed by atoms with E-state index in [0.29, 0.717) is 44.5 Å². The second-order valence-corrected chi connectivity index (χ2v) is 16.0. The van der Waals surface area contributed by atoms with Gasteiger partial charge in [-0.1, -0.05) is 63.2 Å². The highest BCUT2D eigenvalue weighted by Gasteiger charge is 2.57. The molecule has 3 aliphatic rings. The van der Waals surface area contributed by atoms with Crippen LogP contribution in [0.3, 0.4) is 0 Å². The van der Waals surface area contributed by atoms with Crippen LogP contribution in [0.1, 0.15) is 64.0 Å². The lowest BCUT2D eigenvalue weighted by atomic mass is 9.84. The van der Waals surface area contributed by atoms with Crippen LogP contribution < -0.4 is 0 Å². The van der Waals surface area contributed by atoms with Crippen molar-refractivity contribution in [2.45, 2.75) is 69.9 Å². The van der Waals surface area contributed by atoms with Gasteiger partial charge >= 0.3 is 6.03 Å². The predicted molar refractivity (Wildman–Crippen MR) is 177 cm³/mol. The van der Waals surface area contributed by atoms with E-state index in [-0.39, 0.29) is 58.9 Å². The van der Waals surface area contributed by atoms with E-state index >= 15 is 0 Å². The first-order valence-electron chi connectivity index (χ1n) is 15.7. The van der Waals surface area contributed by atoms with Crippen LogP contribution in [0.15, 0.2) is 59.5 Å². The number of nitrogens with zero attached hydrogens (tertiary/aromatic N) is 4. The quantitative estimate of drug-likeness (QED) is 0.378. The number of hydrogen-bond donors (Lipinski definition) is 0. The maximum absolute atomic E-state index is 13.9. The third-order valence-electron chi connectivity index (χ3n) is 9.51. The van der Waals surface area contributed by atoms with Crippen LogP contribution in [0.4, 0.5) is 4.79 Å². The zero-order chi connectivity index (χ0) is 31.9. The first kappa shape index (κ1) is 34.9. The van der Waals surface area contributed by atoms with E-state index in [1.54, 1.807) is 17.0 Å². The molecule has 0 radical (unpaired) electrons. The second-order valence-electron chi connectivity index (χ2n) is 14.0. The molecule has 0 saturated carbocycles. The minimum Gasteiger partial charge on any atom is -0.342 e. The Balaban J connectivity index is 0.00000461. The summed E-state index contributed by atoms with van der Waals surface area (Å²) in [5, 5.41) is 0. The van der Waals surface area contributed by atoms with Crippen molar-refractivity contribution in [3.8, 4) is 0 Å². The maximum Gasteiger partial charge on any atom is 0.327 e. The van der Waals surface area contributed by atoms with Gasteiger partial charge in [0.1, 0.15) is 5.54 Å². The number of likely N-dealkylation sites (N-methyl/N-ethyl adjacent to an activating group) is 1. The lowest BCUT2D eigenvalue weighted by Gasteiger charge is -2.42. The highest BCUT2D eigenvalue weighted by molar-refractivity contribution is 7.90. The number of piperidine rings is 1. The Labute approximate surface area is 274 Å². The molecule has 0 N–H and O–H groups in total. The summed E-state index contributed by atoms with van der Waals surface area (Å²) in [7, 11) is -3.33. The van der Waals surface area contributed by atoms with Gasteiger partial charge in [0, 0.05) is 57.9 Å². The average Bonchev–Trinajstić information content (AvgIpc) is 3.47. The van der Waals surface area contributed by atoms with Gasteiger partial charge in [-0.25, -0.2) is 13.2 Å². The van der Waals surface area contributed by atoms with E-state index in [4.69, 9.17) is 0 Å². The van der Waals surface area contributed by atoms with Crippen LogP contribution in [0.2, 0.25) is 0 Å². The minimum atomic E-state index is -3.33. The highest BCUT2D eigenvalue weighted by atomic mass is 35.5. The summed E-state index contributed by atoms with van der Waals surface area (Å²) in [6.07, 6.45) is 2.80. The lowest BCUT2D eigenvalue weighted by molar-refractivity contribution is -0.136. The first-order chi connectivity index (χ1) is 20.7. The van der Waals surface area contributed by atoms with E-state index in [1.165, 1.54) is 22.6 Å². The third kappa shape index (κ3) is 7.39. The number of benzene rings is 2. The number of rotatable bonds is 8. The molecular formula is C34H47ClN4O5S. The number of urea groups is 1. The van der Waals surface area contributed by atoms with Crippen LogP contribution in [0, 0.1) is 11.3 Å². The Kier molecular flexibility index (Phi) is 10.4. The topological polar surface area (TPSA) is 98.3 Å². The van der Waals surface area contributed by atoms with Crippen LogP contribution in [0.5, 0.6) is 0 Å². The Morgan fingerprint density at radius 2 is 1.58 bits per heavy atom. The van der Waals surface area contributed by atoms with Gasteiger partial charge in [-0.2, -0.15) is 0 Å². The molecule has 9 nitrogen and oxygen atoms in total. The summed E-state index contributed by atoms with van der Waals surface area (Å²) in [5.41, 5.74) is 1.04. The van der Waals surface area contributed by atoms with Crippen molar-refractivity contribution in [2.75, 3.05) is 45.5 Å². The fourth-order valence-electron chi connectivity index (χ4n) is 7.21. The highest BCUT2D eigenvalue weighted by Crippen LogP contribution is 2.40. The van der Waals surface area contributed by atoms with E-state index in [1.807, 2.05) is 17.9 Å². The summed E-state index contributed by atoms with van der Waals surface area (Å²) in [6.45, 7) is 12.4. The van der Waals surface area contributed by atoms with Gasteiger partial charge in [0.15, 0.2) is 9.84 Å². The molecule has 0 aromatic heterocycles. The van der Waals surface area contributed by atoms with E-state index < -0.39 is 15.4 Å². The van der Waals surface area contributed by atoms with Gasteiger partial charge in [-0.15, -0.1) is 12.4 Å². The van der Waals surface area contributed by atoms with E-state index in [2.05, 4.69) is 49.9 Å². The van der Waals surface area contributed by atoms with Gasteiger partial charge in [0.2, 0.25) is 5.91 Å². The molecule has 5 rings (SSSR count). The summed E-state index contributed by atoms with van der Waals surface area (Å²) in [5.74, 6) is 0.573. The molecule has 3 aliphatic heterocycles. The van der Waals surface area contributed by atoms with E-state index in [9.17, 15) is 22.8 Å². The number of halogens is 1. The summed E-state index contributed by atoms with van der Waals surface area (Å²) in [6, 6.07) is 16.5. The summed E-state index contributed by atoms with van der Waals surface area (Å²) >= 11 is 0. The number of hydrogen-bond acceptors (Lipinski definition) is 6. The molecule has 3 fully saturated rings. The third-order valence-corrected chi connectivity index (χ3v) is 10.6. The molecule has 246 valence electrons. The molecule has 45 heavy (non-hydrogen) atoms. The van der Waals surface area contributed by atoms with Gasteiger partial charge < -0.3 is 14.7 Å². The smallest absolute Gasteiger partial charge is 0.327 e. The fourth-order valence-corrected chi connectivity index (χ4v) is 7.84. The Morgan fingerprint density at radius 1 is 0.956 bits per heavy atom. The van der Waals surface area contributed by atoms with Gasteiger partial charge in [-0.3, -0.25) is 14.5 Å². The Bertz CT molecular complexity index is 1480. The normalized spacial score (nSPS) is 22.3. The second kappa shape index (κ2) is 13.4. The predicted octanol–water partition coefficient (Wildman–Crippen LogP) is 4.81. The van der Waals surface area contributed by atoms with Gasteiger partial charge in [-0.05, 0) is 54.4 Å². The van der Waals surface area contributed by atoms with Gasteiger partial charge in [0.25, 0.3) is 5.91 Å². The van der Waals surface area contributed by atoms with Crippen molar-refractivity contribution in [3.05, 3.63) is 65.7 Å². The zero-order valence-corrected chi connectivity index (χ0v) is 28.7. The molecule has 3 heterocycles. The molecule has 0 aliphatic carbocycles. The Morgan fingerprint density at radius 3 is 2.13 bits per heavy atom. The zero-order valence-electron chi connectivity index (χ0n) is 27.1. The molecule has 0 bridgehead atoms. The number of likely N-dealkylation sites (tertiary alicyclic amines) is 2. The lowest BCUT2D eigenvalue weighted by Crippen LogP contribution is -2.57. The molecule has 2 atom stereocenters. The van der Waals surface area contributed by atoms with Crippen molar-refractivity contribution < 1.29 is 22.8 Å². The fraction of sp³-hybridized carbons (Fsp3) is 0.559. The molecule has 4 amide bonds. The van der Waals surface area contributed by atoms with Crippen LogP contribution in [-0.2, 0) is 26.0 Å². The maximum atomic E-state index is 13.9. The van der Waals surface area contributed by atoms with Crippen molar-refractivity contribution in [2.24, 2.45) is 11.3 Å². The summed E-state index contributed by atoms with van der Waals surface area (Å²) in [4.78, 5) is 48.3. The molecule has 2 aromatic rings. The van der Waals surface area contributed by atoms with Crippen LogP contribution in [-0.4, -0.2) is 96.9 Å². The minimum absolute atomic E-state index is 0. The number of sulfone groups is 1. The summed E-state index contributed by atoms with van der Waals surface area (Å²) < 4.78 is 23.7. The first-order valence-corrected chi connectivity index (χ1v) is 17.6. The van der Waals surface area contributed by atoms with Crippen molar-refractivity contribution in [1.29, 1.82) is 0 Å². The van der Waals surface area contributed by atoms with Crippen LogP contribution in [0.25, 0.3) is 0 Å². The van der Waals surface area contributed by atoms with Crippen molar-refractivity contribution >= 4 is 40.1 Å². The number of carbonyl (C=O) groups is 3. The van der Waals surface area contributed by atoms with E-state index in [0.717, 1.165) is 25.9 Å². The standard InChI is InChI=1S/C34H46N4O5S.ClH/c1-6-38-32(41)37(21-25-12-14-28(15-13-25)44(5,42)43)31(40)34(38)16-18-35(19-17-34)22-27-23-36(30(39)20-33(2,3)4)24-29(27)26-10-8-7-9-11-26;/h7-15,27,29H,6,16-24H2,1-5H3;1H. The molecule has 1 spiro atoms. The molecular weight excluding hydrogens is 612 g/mol. The molecule has 2 unspecified atom stereocenters. The number of amides is 4. The Hall–Kier alpha value is -2.95. The average molecular weight is 659 g/mol. The molecule has 2 aromatic carbocycles. The van der Waals surface area contributed by atoms with Crippen LogP contribution >= 0.6 is 12.4 Å². The number of carbonyl (C=O) groups excluding carboxylic acids is 3. The molecule has 11 heteroatoms. The largest absolute Gasteiger partial charge is 0.342 e. The SMILES string of the molecule is CCN1C(=O)N(Cc2ccc(S(C)(=O)=O)cc2)C(=O)C12CCN(CC1CN(C(=O)CC(C)(C)C)CC1c1ccccc1)CC2.Cl. The monoisotopic (exact) mass is 658 g/mol. The van der Waals surface area contributed by atoms with Crippen molar-refractivity contribution in [1.82, 2.24) is 19.6 Å². The molecule has 3 saturated heterocycles. The van der Waals surface area contributed by atoms with Gasteiger partial charge in [0.05, 0.1) is 11.4 Å². The van der Waals surface area contributed by atoms with Crippen molar-refractivity contribution in [3.63, 3.8) is 0 Å².